The summed E-state index contributed by atoms with van der Waals surface area (Å²) in [5, 5.41) is 2.69. The molecule has 4 heterocycles. The fourth-order valence-corrected chi connectivity index (χ4v) is 8.82. The molecule has 2 aliphatic heterocycles. The summed E-state index contributed by atoms with van der Waals surface area (Å²) in [6.45, 7) is 9.64. The zero-order valence-electron chi connectivity index (χ0n) is 28.8. The minimum absolute atomic E-state index is 0.217. The molecule has 0 atom stereocenters. The van der Waals surface area contributed by atoms with Crippen LogP contribution in [0.15, 0.2) is 152 Å². The number of pyridine rings is 1. The topological polar surface area (TPSA) is 21.1 Å². The van der Waals surface area contributed by atoms with Crippen LogP contribution in [0.1, 0.15) is 49.9 Å². The molecule has 0 unspecified atom stereocenters. The minimum atomic E-state index is -0.217. The molecular formula is C47H37N3. The highest BCUT2D eigenvalue weighted by Gasteiger charge is 2.44. The van der Waals surface area contributed by atoms with Gasteiger partial charge in [-0.25, -0.2) is 0 Å². The third kappa shape index (κ3) is 3.95. The van der Waals surface area contributed by atoms with Gasteiger partial charge in [0.15, 0.2) is 0 Å². The predicted octanol–water partition coefficient (Wildman–Crippen LogP) is 12.3. The molecule has 240 valence electrons. The molecule has 50 heavy (non-hydrogen) atoms. The van der Waals surface area contributed by atoms with Gasteiger partial charge >= 0.3 is 0 Å². The van der Waals surface area contributed by atoms with Gasteiger partial charge in [-0.05, 0) is 81.9 Å². The van der Waals surface area contributed by atoms with E-state index in [9.17, 15) is 0 Å². The van der Waals surface area contributed by atoms with Crippen molar-refractivity contribution in [1.29, 1.82) is 0 Å². The van der Waals surface area contributed by atoms with Crippen molar-refractivity contribution in [1.82, 2.24) is 9.55 Å². The number of para-hydroxylation sites is 2. The molecule has 0 spiro atoms. The first-order valence-corrected chi connectivity index (χ1v) is 17.6. The van der Waals surface area contributed by atoms with Gasteiger partial charge in [0, 0.05) is 50.4 Å². The quantitative estimate of drug-likeness (QED) is 0.186. The average Bonchev–Trinajstić information content (AvgIpc) is 3.49. The van der Waals surface area contributed by atoms with Gasteiger partial charge in [-0.15, -0.1) is 0 Å². The van der Waals surface area contributed by atoms with Gasteiger partial charge < -0.3 is 9.47 Å². The second-order valence-electron chi connectivity index (χ2n) is 14.9. The van der Waals surface area contributed by atoms with Crippen LogP contribution in [0.4, 0.5) is 17.1 Å². The summed E-state index contributed by atoms with van der Waals surface area (Å²) < 4.78 is 2.60. The summed E-state index contributed by atoms with van der Waals surface area (Å²) in [5.74, 6) is 0. The zero-order valence-corrected chi connectivity index (χ0v) is 28.8. The maximum atomic E-state index is 4.71. The van der Waals surface area contributed by atoms with Gasteiger partial charge in [-0.3, -0.25) is 4.98 Å². The van der Waals surface area contributed by atoms with E-state index in [4.69, 9.17) is 4.98 Å². The van der Waals surface area contributed by atoms with Crippen molar-refractivity contribution in [2.75, 3.05) is 4.90 Å². The number of anilines is 3. The number of nitrogens with zero attached hydrogens (tertiary/aromatic N) is 3. The van der Waals surface area contributed by atoms with Crippen molar-refractivity contribution in [3.8, 4) is 28.1 Å². The maximum absolute atomic E-state index is 4.71. The first-order valence-electron chi connectivity index (χ1n) is 17.6. The van der Waals surface area contributed by atoms with E-state index in [2.05, 4.69) is 177 Å². The van der Waals surface area contributed by atoms with Crippen LogP contribution in [0.3, 0.4) is 0 Å². The molecule has 0 radical (unpaired) electrons. The number of hydrogen-bond acceptors (Lipinski definition) is 2. The molecule has 2 aliphatic rings. The number of rotatable bonds is 5. The van der Waals surface area contributed by atoms with Gasteiger partial charge in [0.2, 0.25) is 0 Å². The van der Waals surface area contributed by atoms with Crippen LogP contribution in [-0.4, -0.2) is 9.55 Å². The van der Waals surface area contributed by atoms with Crippen LogP contribution >= 0.6 is 0 Å². The van der Waals surface area contributed by atoms with Crippen LogP contribution in [0.5, 0.6) is 0 Å². The molecule has 2 aromatic heterocycles. The van der Waals surface area contributed by atoms with Gasteiger partial charge in [0.1, 0.15) is 0 Å². The smallest absolute Gasteiger partial charge is 0.0702 e. The van der Waals surface area contributed by atoms with E-state index in [1.165, 1.54) is 60.9 Å². The summed E-state index contributed by atoms with van der Waals surface area (Å²) >= 11 is 0. The minimum Gasteiger partial charge on any atom is -0.310 e. The van der Waals surface area contributed by atoms with Crippen molar-refractivity contribution in [3.05, 3.63) is 174 Å². The molecule has 0 saturated carbocycles. The Morgan fingerprint density at radius 3 is 1.60 bits per heavy atom. The highest BCUT2D eigenvalue weighted by atomic mass is 15.1. The first-order chi connectivity index (χ1) is 24.3. The Balaban J connectivity index is 1.28. The third-order valence-electron chi connectivity index (χ3n) is 11.4. The van der Waals surface area contributed by atoms with Crippen molar-refractivity contribution in [2.45, 2.75) is 38.5 Å². The van der Waals surface area contributed by atoms with Gasteiger partial charge in [0.05, 0.1) is 22.4 Å². The van der Waals surface area contributed by atoms with Crippen molar-refractivity contribution in [3.63, 3.8) is 0 Å². The summed E-state index contributed by atoms with van der Waals surface area (Å²) in [7, 11) is 0. The summed E-state index contributed by atoms with van der Waals surface area (Å²) in [4.78, 5) is 7.16. The average molecular weight is 644 g/mol. The lowest BCUT2D eigenvalue weighted by Gasteiger charge is -2.43. The highest BCUT2D eigenvalue weighted by molar-refractivity contribution is 6.14. The summed E-state index contributed by atoms with van der Waals surface area (Å²) in [5.41, 5.74) is 16.9. The second kappa shape index (κ2) is 10.3. The fraction of sp³-hybridized carbons (Fsp3) is 0.128. The van der Waals surface area contributed by atoms with E-state index in [-0.39, 0.29) is 10.8 Å². The SMILES string of the molecule is CC1(C)c2cc(N(c3cccc(-c4ccccc4)c3)c3cccc(-c4ccccn4)c3)cc3c2-n2c4c1cccc4c1cccc(c12)C3(C)C. The van der Waals surface area contributed by atoms with E-state index in [1.54, 1.807) is 0 Å². The van der Waals surface area contributed by atoms with Crippen molar-refractivity contribution < 1.29 is 0 Å². The molecule has 10 rings (SSSR count). The Kier molecular flexibility index (Phi) is 5.97. The van der Waals surface area contributed by atoms with E-state index in [0.29, 0.717) is 0 Å². The first kappa shape index (κ1) is 29.0. The number of benzene rings is 6. The molecule has 6 aromatic carbocycles. The van der Waals surface area contributed by atoms with E-state index >= 15 is 0 Å². The Morgan fingerprint density at radius 2 is 1.00 bits per heavy atom. The Morgan fingerprint density at radius 1 is 0.460 bits per heavy atom. The van der Waals surface area contributed by atoms with E-state index < -0.39 is 0 Å². The maximum Gasteiger partial charge on any atom is 0.0702 e. The molecule has 0 bridgehead atoms. The molecule has 0 N–H and O–H groups in total. The monoisotopic (exact) mass is 643 g/mol. The molecule has 3 heteroatoms. The van der Waals surface area contributed by atoms with Gasteiger partial charge in [-0.2, -0.15) is 0 Å². The lowest BCUT2D eigenvalue weighted by Crippen LogP contribution is -2.34. The highest BCUT2D eigenvalue weighted by Crippen LogP contribution is 2.56. The number of aromatic nitrogens is 2. The molecule has 0 fully saturated rings. The van der Waals surface area contributed by atoms with Crippen LogP contribution in [0.25, 0.3) is 49.9 Å². The predicted molar refractivity (Wildman–Crippen MR) is 208 cm³/mol. The van der Waals surface area contributed by atoms with E-state index in [0.717, 1.165) is 28.3 Å². The molecule has 0 aliphatic carbocycles. The van der Waals surface area contributed by atoms with Crippen LogP contribution < -0.4 is 4.90 Å². The van der Waals surface area contributed by atoms with Crippen molar-refractivity contribution in [2.24, 2.45) is 0 Å². The lowest BCUT2D eigenvalue weighted by molar-refractivity contribution is 0.594. The van der Waals surface area contributed by atoms with E-state index in [1.807, 2.05) is 12.3 Å². The molecule has 3 nitrogen and oxygen atoms in total. The van der Waals surface area contributed by atoms with Crippen LogP contribution in [0, 0.1) is 0 Å². The molecule has 0 saturated heterocycles. The van der Waals surface area contributed by atoms with Gasteiger partial charge in [0.25, 0.3) is 0 Å². The van der Waals surface area contributed by atoms with Crippen molar-refractivity contribution >= 4 is 38.9 Å². The zero-order chi connectivity index (χ0) is 33.8. The standard InChI is InChI=1S/C47H37N3/c1-46(2)38-22-12-20-36-37-21-13-23-39-44(37)50(43(36)38)45-40(46)28-35(29-41(45)47(39,3)4)49(33-18-10-16-31(26-33)30-14-6-5-7-15-30)34-19-11-17-32(27-34)42-24-8-9-25-48-42/h5-29H,1-4H3. The molecular weight excluding hydrogens is 607 g/mol. The van der Waals surface area contributed by atoms with Gasteiger partial charge in [-0.1, -0.05) is 125 Å². The third-order valence-corrected chi connectivity index (χ3v) is 11.4. The summed E-state index contributed by atoms with van der Waals surface area (Å²) in [6, 6.07) is 53.3. The normalized spacial score (nSPS) is 14.7. The molecule has 8 aromatic rings. The van der Waals surface area contributed by atoms with Crippen LogP contribution in [-0.2, 0) is 10.8 Å². The number of hydrogen-bond donors (Lipinski definition) is 0. The number of fused-ring (bicyclic) bond motifs is 1. The Bertz CT molecular complexity index is 2470. The van der Waals surface area contributed by atoms with Crippen LogP contribution in [0.2, 0.25) is 0 Å². The second-order valence-corrected chi connectivity index (χ2v) is 14.9. The Labute approximate surface area is 293 Å². The Hall–Kier alpha value is -5.93. The largest absolute Gasteiger partial charge is 0.310 e. The summed E-state index contributed by atoms with van der Waals surface area (Å²) in [6.07, 6.45) is 1.87. The fourth-order valence-electron chi connectivity index (χ4n) is 8.82. The lowest BCUT2D eigenvalue weighted by atomic mass is 9.68. The molecule has 0 amide bonds.